The normalized spacial score (nSPS) is 13.6. The second-order valence-electron chi connectivity index (χ2n) is 8.46. The SMILES string of the molecule is CC(C)Oc1ccc(S(=O)(=O)C(C)C)cc1C(=O)N1Cc2cn(-c3ccccc3)nc2C1. The van der Waals surface area contributed by atoms with E-state index in [-0.39, 0.29) is 22.5 Å². The van der Waals surface area contributed by atoms with Gasteiger partial charge in [-0.25, -0.2) is 13.1 Å². The third kappa shape index (κ3) is 4.14. The number of rotatable bonds is 6. The van der Waals surface area contributed by atoms with Crippen LogP contribution in [0.15, 0.2) is 59.6 Å². The van der Waals surface area contributed by atoms with Gasteiger partial charge in [0, 0.05) is 18.3 Å². The fraction of sp³-hybridized carbons (Fsp3) is 0.333. The van der Waals surface area contributed by atoms with E-state index in [1.165, 1.54) is 12.1 Å². The monoisotopic (exact) mass is 453 g/mol. The number of para-hydroxylation sites is 1. The summed E-state index contributed by atoms with van der Waals surface area (Å²) in [4.78, 5) is 15.2. The van der Waals surface area contributed by atoms with Gasteiger partial charge in [-0.3, -0.25) is 4.79 Å². The van der Waals surface area contributed by atoms with Crippen molar-refractivity contribution in [2.75, 3.05) is 0 Å². The maximum Gasteiger partial charge on any atom is 0.258 e. The Morgan fingerprint density at radius 1 is 1.03 bits per heavy atom. The Hall–Kier alpha value is -3.13. The minimum absolute atomic E-state index is 0.123. The summed E-state index contributed by atoms with van der Waals surface area (Å²) in [5.41, 5.74) is 3.01. The van der Waals surface area contributed by atoms with E-state index in [4.69, 9.17) is 4.74 Å². The Morgan fingerprint density at radius 3 is 2.38 bits per heavy atom. The Balaban J connectivity index is 1.63. The Labute approximate surface area is 188 Å². The molecule has 8 heteroatoms. The van der Waals surface area contributed by atoms with Crippen LogP contribution in [0.3, 0.4) is 0 Å². The molecule has 2 heterocycles. The van der Waals surface area contributed by atoms with Gasteiger partial charge in [0.25, 0.3) is 5.91 Å². The van der Waals surface area contributed by atoms with Crippen molar-refractivity contribution in [2.45, 2.75) is 57.0 Å². The summed E-state index contributed by atoms with van der Waals surface area (Å²) in [6, 6.07) is 14.3. The Morgan fingerprint density at radius 2 is 1.75 bits per heavy atom. The largest absolute Gasteiger partial charge is 0.490 e. The van der Waals surface area contributed by atoms with Gasteiger partial charge in [-0.05, 0) is 58.0 Å². The molecule has 0 unspecified atom stereocenters. The van der Waals surface area contributed by atoms with E-state index in [1.54, 1.807) is 24.8 Å². The fourth-order valence-corrected chi connectivity index (χ4v) is 4.75. The molecule has 4 rings (SSSR count). The lowest BCUT2D eigenvalue weighted by molar-refractivity contribution is 0.0742. The minimum Gasteiger partial charge on any atom is -0.490 e. The molecule has 0 bridgehead atoms. The van der Waals surface area contributed by atoms with E-state index < -0.39 is 15.1 Å². The number of ether oxygens (including phenoxy) is 1. The zero-order valence-electron chi connectivity index (χ0n) is 18.6. The number of nitrogens with zero attached hydrogens (tertiary/aromatic N) is 3. The van der Waals surface area contributed by atoms with Crippen LogP contribution in [0.4, 0.5) is 0 Å². The second-order valence-corrected chi connectivity index (χ2v) is 11.0. The predicted octanol–water partition coefficient (Wildman–Crippen LogP) is 4.00. The highest BCUT2D eigenvalue weighted by atomic mass is 32.2. The third-order valence-electron chi connectivity index (χ3n) is 5.38. The van der Waals surface area contributed by atoms with Crippen LogP contribution < -0.4 is 4.74 Å². The molecule has 0 radical (unpaired) electrons. The van der Waals surface area contributed by atoms with Crippen molar-refractivity contribution in [3.8, 4) is 11.4 Å². The highest BCUT2D eigenvalue weighted by Gasteiger charge is 2.30. The number of amides is 1. The minimum atomic E-state index is -3.52. The van der Waals surface area contributed by atoms with Gasteiger partial charge in [0.15, 0.2) is 9.84 Å². The molecular formula is C24H27N3O4S. The quantitative estimate of drug-likeness (QED) is 0.564. The van der Waals surface area contributed by atoms with E-state index in [1.807, 2.05) is 55.1 Å². The molecule has 3 aromatic rings. The molecule has 0 fully saturated rings. The number of sulfone groups is 1. The molecule has 0 atom stereocenters. The molecule has 168 valence electrons. The summed E-state index contributed by atoms with van der Waals surface area (Å²) in [6.45, 7) is 7.75. The third-order valence-corrected chi connectivity index (χ3v) is 7.53. The van der Waals surface area contributed by atoms with Gasteiger partial charge in [-0.1, -0.05) is 18.2 Å². The number of hydrogen-bond donors (Lipinski definition) is 0. The molecule has 1 amide bonds. The van der Waals surface area contributed by atoms with Crippen molar-refractivity contribution in [2.24, 2.45) is 0 Å². The zero-order chi connectivity index (χ0) is 23.0. The van der Waals surface area contributed by atoms with Gasteiger partial charge < -0.3 is 9.64 Å². The summed E-state index contributed by atoms with van der Waals surface area (Å²) in [6.07, 6.45) is 1.78. The number of carbonyl (C=O) groups is 1. The average molecular weight is 454 g/mol. The summed E-state index contributed by atoms with van der Waals surface area (Å²) < 4.78 is 33.0. The van der Waals surface area contributed by atoms with Gasteiger partial charge in [0.1, 0.15) is 5.75 Å². The van der Waals surface area contributed by atoms with Gasteiger partial charge >= 0.3 is 0 Å². The van der Waals surface area contributed by atoms with Gasteiger partial charge in [-0.15, -0.1) is 0 Å². The number of carbonyl (C=O) groups excluding carboxylic acids is 1. The summed E-state index contributed by atoms with van der Waals surface area (Å²) in [5.74, 6) is 0.109. The molecule has 0 saturated carbocycles. The topological polar surface area (TPSA) is 81.5 Å². The van der Waals surface area contributed by atoms with E-state index >= 15 is 0 Å². The molecule has 0 aliphatic carbocycles. The van der Waals surface area contributed by atoms with Crippen LogP contribution in [0, 0.1) is 0 Å². The van der Waals surface area contributed by atoms with E-state index in [0.29, 0.717) is 18.8 Å². The van der Waals surface area contributed by atoms with Gasteiger partial charge in [-0.2, -0.15) is 5.10 Å². The molecule has 1 aromatic heterocycles. The maximum atomic E-state index is 13.4. The maximum absolute atomic E-state index is 13.4. The van der Waals surface area contributed by atoms with Crippen LogP contribution in [0.1, 0.15) is 49.3 Å². The molecule has 1 aliphatic rings. The van der Waals surface area contributed by atoms with Crippen LogP contribution in [0.25, 0.3) is 5.69 Å². The van der Waals surface area contributed by atoms with E-state index in [0.717, 1.165) is 16.9 Å². The Kier molecular flexibility index (Phi) is 5.81. The first-order valence-electron chi connectivity index (χ1n) is 10.6. The van der Waals surface area contributed by atoms with Gasteiger partial charge in [0.2, 0.25) is 0 Å². The first-order valence-corrected chi connectivity index (χ1v) is 12.2. The number of hydrogen-bond acceptors (Lipinski definition) is 5. The van der Waals surface area contributed by atoms with Crippen molar-refractivity contribution >= 4 is 15.7 Å². The summed E-state index contributed by atoms with van der Waals surface area (Å²) >= 11 is 0. The first-order chi connectivity index (χ1) is 15.2. The molecule has 0 spiro atoms. The van der Waals surface area contributed by atoms with Crippen molar-refractivity contribution in [1.82, 2.24) is 14.7 Å². The van der Waals surface area contributed by atoms with Crippen LogP contribution in [-0.2, 0) is 22.9 Å². The van der Waals surface area contributed by atoms with Crippen LogP contribution >= 0.6 is 0 Å². The predicted molar refractivity (Wildman–Crippen MR) is 122 cm³/mol. The second kappa shape index (κ2) is 8.43. The lowest BCUT2D eigenvalue weighted by atomic mass is 10.1. The smallest absolute Gasteiger partial charge is 0.258 e. The van der Waals surface area contributed by atoms with Gasteiger partial charge in [0.05, 0.1) is 39.7 Å². The summed E-state index contributed by atoms with van der Waals surface area (Å²) in [5, 5.41) is 4.05. The number of aromatic nitrogens is 2. The molecule has 0 saturated heterocycles. The molecular weight excluding hydrogens is 426 g/mol. The fourth-order valence-electron chi connectivity index (χ4n) is 3.66. The van der Waals surface area contributed by atoms with Crippen molar-refractivity contribution in [1.29, 1.82) is 0 Å². The van der Waals surface area contributed by atoms with Crippen LogP contribution in [0.5, 0.6) is 5.75 Å². The summed E-state index contributed by atoms with van der Waals surface area (Å²) in [7, 11) is -3.52. The van der Waals surface area contributed by atoms with Crippen molar-refractivity contribution in [3.05, 3.63) is 71.5 Å². The van der Waals surface area contributed by atoms with E-state index in [2.05, 4.69) is 5.10 Å². The average Bonchev–Trinajstić information content (AvgIpc) is 3.33. The standard InChI is InChI=1S/C24H27N3O4S/c1-16(2)31-23-11-10-20(32(29,30)17(3)4)12-21(23)24(28)26-13-18-14-27(25-22(18)15-26)19-8-6-5-7-9-19/h5-12,14,16-17H,13,15H2,1-4H3. The first kappa shape index (κ1) is 22.1. The molecule has 1 aliphatic heterocycles. The van der Waals surface area contributed by atoms with Crippen molar-refractivity contribution < 1.29 is 17.9 Å². The number of fused-ring (bicyclic) bond motifs is 1. The molecule has 7 nitrogen and oxygen atoms in total. The molecule has 32 heavy (non-hydrogen) atoms. The lowest BCUT2D eigenvalue weighted by Gasteiger charge is -2.20. The highest BCUT2D eigenvalue weighted by Crippen LogP contribution is 2.30. The number of benzene rings is 2. The molecule has 2 aromatic carbocycles. The highest BCUT2D eigenvalue weighted by molar-refractivity contribution is 7.92. The Bertz CT molecular complexity index is 1220. The van der Waals surface area contributed by atoms with Crippen molar-refractivity contribution in [3.63, 3.8) is 0 Å². The van der Waals surface area contributed by atoms with E-state index in [9.17, 15) is 13.2 Å². The van der Waals surface area contributed by atoms with Crippen LogP contribution in [0.2, 0.25) is 0 Å². The zero-order valence-corrected chi connectivity index (χ0v) is 19.5. The molecule has 0 N–H and O–H groups in total. The van der Waals surface area contributed by atoms with Crippen LogP contribution in [-0.4, -0.2) is 40.4 Å². The lowest BCUT2D eigenvalue weighted by Crippen LogP contribution is -2.27.